The van der Waals surface area contributed by atoms with Crippen LogP contribution < -0.4 is 9.47 Å². The van der Waals surface area contributed by atoms with Gasteiger partial charge in [0.05, 0.1) is 19.5 Å². The summed E-state index contributed by atoms with van der Waals surface area (Å²) in [6.45, 7) is 2.39. The molecule has 1 amide bonds. The van der Waals surface area contributed by atoms with Gasteiger partial charge in [0.25, 0.3) is 5.24 Å². The lowest BCUT2D eigenvalue weighted by molar-refractivity contribution is -0.0811. The normalized spacial score (nSPS) is 28.1. The summed E-state index contributed by atoms with van der Waals surface area (Å²) in [5.74, 6) is 1.21. The smallest absolute Gasteiger partial charge is 0.284 e. The lowest BCUT2D eigenvalue weighted by atomic mass is 9.87. The van der Waals surface area contributed by atoms with Crippen LogP contribution in [0.1, 0.15) is 18.1 Å². The van der Waals surface area contributed by atoms with Gasteiger partial charge in [-0.1, -0.05) is 11.8 Å². The molecule has 0 aliphatic carbocycles. The van der Waals surface area contributed by atoms with Crippen molar-refractivity contribution < 1.29 is 19.4 Å². The molecular weight excluding hydrogens is 278 g/mol. The average molecular weight is 295 g/mol. The maximum Gasteiger partial charge on any atom is 0.284 e. The van der Waals surface area contributed by atoms with E-state index in [9.17, 15) is 9.90 Å². The van der Waals surface area contributed by atoms with E-state index in [0.29, 0.717) is 24.5 Å². The molecule has 108 valence electrons. The van der Waals surface area contributed by atoms with Gasteiger partial charge < -0.3 is 14.6 Å². The van der Waals surface area contributed by atoms with Gasteiger partial charge in [-0.25, -0.2) is 0 Å². The number of aliphatic hydroxyl groups is 1. The zero-order valence-electron chi connectivity index (χ0n) is 11.7. The second kappa shape index (κ2) is 4.56. The van der Waals surface area contributed by atoms with Crippen LogP contribution in [0.15, 0.2) is 12.1 Å². The van der Waals surface area contributed by atoms with Gasteiger partial charge in [-0.15, -0.1) is 0 Å². The van der Waals surface area contributed by atoms with Crippen molar-refractivity contribution in [2.24, 2.45) is 0 Å². The van der Waals surface area contributed by atoms with E-state index in [1.54, 1.807) is 25.2 Å². The van der Waals surface area contributed by atoms with Crippen LogP contribution in [-0.2, 0) is 12.1 Å². The van der Waals surface area contributed by atoms with Gasteiger partial charge in [0.2, 0.25) is 0 Å². The van der Waals surface area contributed by atoms with Crippen LogP contribution in [0.25, 0.3) is 0 Å². The fraction of sp³-hybridized carbons (Fsp3) is 0.500. The van der Waals surface area contributed by atoms with Crippen molar-refractivity contribution in [2.45, 2.75) is 24.3 Å². The van der Waals surface area contributed by atoms with Gasteiger partial charge in [-0.2, -0.15) is 0 Å². The molecule has 3 rings (SSSR count). The van der Waals surface area contributed by atoms with Crippen LogP contribution in [0, 0.1) is 0 Å². The zero-order chi connectivity index (χ0) is 14.5. The Hall–Kier alpha value is -1.40. The second-order valence-electron chi connectivity index (χ2n) is 5.02. The Morgan fingerprint density at radius 2 is 2.00 bits per heavy atom. The number of ether oxygens (including phenoxy) is 2. The molecule has 0 saturated carbocycles. The summed E-state index contributed by atoms with van der Waals surface area (Å²) in [6, 6.07) is 3.68. The third-order valence-corrected chi connectivity index (χ3v) is 5.19. The van der Waals surface area contributed by atoms with Crippen molar-refractivity contribution in [3.63, 3.8) is 0 Å². The minimum absolute atomic E-state index is 0.0690. The summed E-state index contributed by atoms with van der Waals surface area (Å²) in [4.78, 5) is 13.5. The molecular formula is C14H17NO4S. The van der Waals surface area contributed by atoms with E-state index in [2.05, 4.69) is 0 Å². The van der Waals surface area contributed by atoms with Gasteiger partial charge in [0.15, 0.2) is 17.2 Å². The molecule has 0 spiro atoms. The maximum atomic E-state index is 12.0. The van der Waals surface area contributed by atoms with Crippen LogP contribution in [-0.4, -0.2) is 41.3 Å². The van der Waals surface area contributed by atoms with E-state index in [4.69, 9.17) is 9.47 Å². The monoisotopic (exact) mass is 295 g/mol. The molecule has 1 aromatic rings. The number of amides is 1. The van der Waals surface area contributed by atoms with Gasteiger partial charge in [-0.05, 0) is 31.0 Å². The molecule has 2 atom stereocenters. The average Bonchev–Trinajstić information content (AvgIpc) is 2.68. The number of carbonyl (C=O) groups excluding carboxylic acids is 1. The second-order valence-corrected chi connectivity index (χ2v) is 6.31. The van der Waals surface area contributed by atoms with E-state index >= 15 is 0 Å². The predicted octanol–water partition coefficient (Wildman–Crippen LogP) is 1.96. The van der Waals surface area contributed by atoms with Crippen LogP contribution in [0.5, 0.6) is 11.5 Å². The molecule has 2 aliphatic rings. The number of benzene rings is 1. The van der Waals surface area contributed by atoms with Crippen molar-refractivity contribution in [1.82, 2.24) is 4.90 Å². The molecule has 0 radical (unpaired) electrons. The highest BCUT2D eigenvalue weighted by molar-refractivity contribution is 8.14. The van der Waals surface area contributed by atoms with Gasteiger partial charge in [-0.3, -0.25) is 9.69 Å². The Bertz CT molecular complexity index is 577. The van der Waals surface area contributed by atoms with E-state index in [1.807, 2.05) is 13.0 Å². The van der Waals surface area contributed by atoms with E-state index in [-0.39, 0.29) is 10.5 Å². The van der Waals surface area contributed by atoms with Gasteiger partial charge >= 0.3 is 0 Å². The molecule has 2 aliphatic heterocycles. The summed E-state index contributed by atoms with van der Waals surface area (Å²) >= 11 is 1.18. The van der Waals surface area contributed by atoms with Crippen molar-refractivity contribution in [3.05, 3.63) is 23.3 Å². The van der Waals surface area contributed by atoms with Crippen LogP contribution >= 0.6 is 11.8 Å². The minimum atomic E-state index is -1.26. The molecule has 0 aromatic heterocycles. The summed E-state index contributed by atoms with van der Waals surface area (Å²) in [5.41, 5.74) is 0.491. The third kappa shape index (κ3) is 1.64. The molecule has 1 saturated heterocycles. The van der Waals surface area contributed by atoms with E-state index in [1.165, 1.54) is 11.8 Å². The highest BCUT2D eigenvalue weighted by Crippen LogP contribution is 2.50. The lowest BCUT2D eigenvalue weighted by Gasteiger charge is -2.41. The fourth-order valence-electron chi connectivity index (χ4n) is 2.98. The van der Waals surface area contributed by atoms with E-state index in [0.717, 1.165) is 11.1 Å². The number of hydrogen-bond donors (Lipinski definition) is 1. The van der Waals surface area contributed by atoms with Gasteiger partial charge in [0, 0.05) is 12.1 Å². The summed E-state index contributed by atoms with van der Waals surface area (Å²) in [6.07, 6.45) is 0.705. The van der Waals surface area contributed by atoms with Crippen molar-refractivity contribution >= 4 is 17.0 Å². The Balaban J connectivity index is 2.18. The molecule has 6 heteroatoms. The Morgan fingerprint density at radius 1 is 1.35 bits per heavy atom. The summed E-state index contributed by atoms with van der Waals surface area (Å²) in [7, 11) is 3.15. The minimum Gasteiger partial charge on any atom is -0.493 e. The number of hydrogen-bond acceptors (Lipinski definition) is 5. The third-order valence-electron chi connectivity index (χ3n) is 4.09. The highest BCUT2D eigenvalue weighted by atomic mass is 32.2. The zero-order valence-corrected chi connectivity index (χ0v) is 12.5. The molecule has 1 aromatic carbocycles. The first kappa shape index (κ1) is 13.6. The van der Waals surface area contributed by atoms with Crippen LogP contribution in [0.4, 0.5) is 4.79 Å². The van der Waals surface area contributed by atoms with Gasteiger partial charge in [0.1, 0.15) is 0 Å². The maximum absolute atomic E-state index is 12.0. The summed E-state index contributed by atoms with van der Waals surface area (Å²) in [5, 5.41) is 10.8. The van der Waals surface area contributed by atoms with E-state index < -0.39 is 5.72 Å². The first-order chi connectivity index (χ1) is 9.52. The number of fused-ring (bicyclic) bond motifs is 3. The number of nitrogens with zero attached hydrogens (tertiary/aromatic N) is 1. The van der Waals surface area contributed by atoms with Crippen LogP contribution in [0.2, 0.25) is 0 Å². The first-order valence-corrected chi connectivity index (χ1v) is 7.36. The molecule has 1 fully saturated rings. The molecule has 1 N–H and O–H groups in total. The van der Waals surface area contributed by atoms with Crippen LogP contribution in [0.3, 0.4) is 0 Å². The molecule has 2 heterocycles. The number of methoxy groups -OCH3 is 2. The van der Waals surface area contributed by atoms with Crippen molar-refractivity contribution in [3.8, 4) is 11.5 Å². The molecule has 5 nitrogen and oxygen atoms in total. The topological polar surface area (TPSA) is 59.0 Å². The Labute approximate surface area is 121 Å². The number of thioether (sulfide) groups is 1. The quantitative estimate of drug-likeness (QED) is 0.904. The highest BCUT2D eigenvalue weighted by Gasteiger charge is 2.54. The standard InChI is InChI=1S/C14H17NO4S/c1-8-14(17)10-7-12(19-3)11(18-2)6-9(10)4-5-15(14)13(16)20-8/h6-8,17H,4-5H2,1-3H3/t8-,14-/m0/s1. The predicted molar refractivity (Wildman–Crippen MR) is 76.3 cm³/mol. The first-order valence-electron chi connectivity index (χ1n) is 6.48. The molecule has 20 heavy (non-hydrogen) atoms. The molecule has 0 bridgehead atoms. The Kier molecular flexibility index (Phi) is 3.10. The fourth-order valence-corrected chi connectivity index (χ4v) is 4.06. The van der Waals surface area contributed by atoms with Crippen molar-refractivity contribution in [2.75, 3.05) is 20.8 Å². The number of carbonyl (C=O) groups is 1. The number of rotatable bonds is 2. The summed E-state index contributed by atoms with van der Waals surface area (Å²) < 4.78 is 10.6. The van der Waals surface area contributed by atoms with Crippen molar-refractivity contribution in [1.29, 1.82) is 0 Å². The Morgan fingerprint density at radius 3 is 2.65 bits per heavy atom. The largest absolute Gasteiger partial charge is 0.493 e. The lowest BCUT2D eigenvalue weighted by Crippen LogP contribution is -2.51. The molecule has 0 unspecified atom stereocenters. The SMILES string of the molecule is COc1cc2c(cc1OC)[C@@]1(O)[C@H](C)SC(=O)N1CC2.